The lowest BCUT2D eigenvalue weighted by molar-refractivity contribution is 0.441. The average Bonchev–Trinajstić information content (AvgIpc) is 2.18. The highest BCUT2D eigenvalue weighted by Crippen LogP contribution is 2.23. The van der Waals surface area contributed by atoms with Crippen LogP contribution in [-0.2, 0) is 0 Å². The molecule has 0 amide bonds. The zero-order valence-electron chi connectivity index (χ0n) is 10.3. The minimum atomic E-state index is 0.565. The Morgan fingerprint density at radius 1 is 1.00 bits per heavy atom. The van der Waals surface area contributed by atoms with Crippen LogP contribution in [-0.4, -0.2) is 12.6 Å². The van der Waals surface area contributed by atoms with E-state index in [1.54, 1.807) is 0 Å². The molecule has 0 aliphatic carbocycles. The molecule has 0 saturated heterocycles. The average molecular weight is 205 g/mol. The van der Waals surface area contributed by atoms with Gasteiger partial charge in [-0.15, -0.1) is 0 Å². The van der Waals surface area contributed by atoms with Crippen LogP contribution in [0.5, 0.6) is 0 Å². The van der Waals surface area contributed by atoms with E-state index < -0.39 is 0 Å². The summed E-state index contributed by atoms with van der Waals surface area (Å²) in [6, 6.07) is 11.4. The summed E-state index contributed by atoms with van der Waals surface area (Å²) < 4.78 is 0. The van der Waals surface area contributed by atoms with Crippen molar-refractivity contribution >= 4 is 0 Å². The van der Waals surface area contributed by atoms with Gasteiger partial charge in [-0.3, -0.25) is 0 Å². The summed E-state index contributed by atoms with van der Waals surface area (Å²) >= 11 is 0. The van der Waals surface area contributed by atoms with Gasteiger partial charge in [0.15, 0.2) is 0 Å². The maximum atomic E-state index is 3.53. The Hall–Kier alpha value is -0.820. The largest absolute Gasteiger partial charge is 0.314 e. The van der Waals surface area contributed by atoms with Crippen LogP contribution in [0.2, 0.25) is 0 Å². The molecule has 1 unspecified atom stereocenters. The topological polar surface area (TPSA) is 12.0 Å². The predicted octanol–water partition coefficient (Wildman–Crippen LogP) is 3.42. The third kappa shape index (κ3) is 4.05. The molecule has 0 saturated carbocycles. The monoisotopic (exact) mass is 205 g/mol. The zero-order chi connectivity index (χ0) is 11.3. The lowest BCUT2D eigenvalue weighted by atomic mass is 9.88. The van der Waals surface area contributed by atoms with Crippen LogP contribution >= 0.6 is 0 Å². The van der Waals surface area contributed by atoms with Crippen LogP contribution in [0.25, 0.3) is 0 Å². The zero-order valence-corrected chi connectivity index (χ0v) is 10.3. The molecule has 0 fully saturated rings. The maximum Gasteiger partial charge on any atom is 0.00249 e. The van der Waals surface area contributed by atoms with Crippen molar-refractivity contribution in [3.8, 4) is 0 Å². The highest BCUT2D eigenvalue weighted by molar-refractivity contribution is 5.20. The molecule has 84 valence electrons. The molecule has 0 spiro atoms. The second-order valence-electron chi connectivity index (χ2n) is 4.82. The van der Waals surface area contributed by atoms with E-state index in [4.69, 9.17) is 0 Å². The van der Waals surface area contributed by atoms with E-state index in [0.717, 1.165) is 6.54 Å². The summed E-state index contributed by atoms with van der Waals surface area (Å²) in [5.74, 6) is 1.30. The van der Waals surface area contributed by atoms with Crippen LogP contribution in [0.4, 0.5) is 0 Å². The number of benzene rings is 1. The Kier molecular flexibility index (Phi) is 4.83. The molecule has 0 aliphatic heterocycles. The van der Waals surface area contributed by atoms with Gasteiger partial charge in [-0.1, -0.05) is 58.0 Å². The van der Waals surface area contributed by atoms with Crippen molar-refractivity contribution in [2.24, 2.45) is 5.92 Å². The van der Waals surface area contributed by atoms with E-state index in [1.165, 1.54) is 5.56 Å². The molecule has 0 radical (unpaired) electrons. The summed E-state index contributed by atoms with van der Waals surface area (Å²) in [7, 11) is 0. The molecule has 1 atom stereocenters. The highest BCUT2D eigenvalue weighted by atomic mass is 14.9. The fourth-order valence-electron chi connectivity index (χ4n) is 1.80. The third-order valence-electron chi connectivity index (χ3n) is 2.78. The number of hydrogen-bond donors (Lipinski definition) is 1. The van der Waals surface area contributed by atoms with E-state index in [1.807, 2.05) is 0 Å². The fraction of sp³-hybridized carbons (Fsp3) is 0.571. The van der Waals surface area contributed by atoms with Crippen molar-refractivity contribution in [3.05, 3.63) is 35.9 Å². The van der Waals surface area contributed by atoms with Crippen LogP contribution in [0.3, 0.4) is 0 Å². The van der Waals surface area contributed by atoms with Crippen LogP contribution < -0.4 is 5.32 Å². The summed E-state index contributed by atoms with van der Waals surface area (Å²) in [5, 5.41) is 3.53. The molecule has 1 heteroatoms. The highest BCUT2D eigenvalue weighted by Gasteiger charge is 2.15. The summed E-state index contributed by atoms with van der Waals surface area (Å²) in [6.45, 7) is 10.0. The van der Waals surface area contributed by atoms with Gasteiger partial charge < -0.3 is 5.32 Å². The first-order valence-electron chi connectivity index (χ1n) is 5.89. The number of nitrogens with one attached hydrogen (secondary N) is 1. The first-order chi connectivity index (χ1) is 7.11. The fourth-order valence-corrected chi connectivity index (χ4v) is 1.80. The second-order valence-corrected chi connectivity index (χ2v) is 4.82. The molecule has 1 aromatic carbocycles. The summed E-state index contributed by atoms with van der Waals surface area (Å²) in [5.41, 5.74) is 1.45. The van der Waals surface area contributed by atoms with Crippen molar-refractivity contribution in [3.63, 3.8) is 0 Å². The molecule has 0 heterocycles. The van der Waals surface area contributed by atoms with Gasteiger partial charge in [0.2, 0.25) is 0 Å². The van der Waals surface area contributed by atoms with E-state index >= 15 is 0 Å². The number of rotatable bonds is 5. The van der Waals surface area contributed by atoms with Gasteiger partial charge in [0.1, 0.15) is 0 Å². The Labute approximate surface area is 93.9 Å². The molecule has 0 aromatic heterocycles. The van der Waals surface area contributed by atoms with Crippen molar-refractivity contribution in [1.82, 2.24) is 5.32 Å². The molecule has 0 aliphatic rings. The summed E-state index contributed by atoms with van der Waals surface area (Å²) in [6.07, 6.45) is 0. The van der Waals surface area contributed by atoms with Crippen molar-refractivity contribution < 1.29 is 0 Å². The standard InChI is InChI=1S/C14H23N/c1-11(2)14(10-15-12(3)4)13-8-6-5-7-9-13/h5-9,11-12,14-15H,10H2,1-4H3. The SMILES string of the molecule is CC(C)NCC(c1ccccc1)C(C)C. The van der Waals surface area contributed by atoms with E-state index in [2.05, 4.69) is 63.3 Å². The Balaban J connectivity index is 2.66. The molecule has 1 N–H and O–H groups in total. The van der Waals surface area contributed by atoms with Crippen LogP contribution in [0, 0.1) is 5.92 Å². The Morgan fingerprint density at radius 3 is 2.07 bits per heavy atom. The van der Waals surface area contributed by atoms with Crippen molar-refractivity contribution in [1.29, 1.82) is 0 Å². The smallest absolute Gasteiger partial charge is 0.00249 e. The Morgan fingerprint density at radius 2 is 1.60 bits per heavy atom. The van der Waals surface area contributed by atoms with Gasteiger partial charge >= 0.3 is 0 Å². The molecule has 0 bridgehead atoms. The Bertz CT molecular complexity index is 264. The van der Waals surface area contributed by atoms with E-state index in [-0.39, 0.29) is 0 Å². The number of hydrogen-bond acceptors (Lipinski definition) is 1. The quantitative estimate of drug-likeness (QED) is 0.776. The molecule has 1 rings (SSSR count). The first kappa shape index (κ1) is 12.3. The molecule has 1 aromatic rings. The minimum absolute atomic E-state index is 0.565. The molecule has 15 heavy (non-hydrogen) atoms. The lowest BCUT2D eigenvalue weighted by Gasteiger charge is -2.23. The van der Waals surface area contributed by atoms with E-state index in [0.29, 0.717) is 17.9 Å². The van der Waals surface area contributed by atoms with Crippen LogP contribution in [0.1, 0.15) is 39.2 Å². The van der Waals surface area contributed by atoms with Crippen LogP contribution in [0.15, 0.2) is 30.3 Å². The first-order valence-corrected chi connectivity index (χ1v) is 5.89. The van der Waals surface area contributed by atoms with E-state index in [9.17, 15) is 0 Å². The third-order valence-corrected chi connectivity index (χ3v) is 2.78. The van der Waals surface area contributed by atoms with Crippen molar-refractivity contribution in [2.45, 2.75) is 39.7 Å². The van der Waals surface area contributed by atoms with Gasteiger partial charge in [0.25, 0.3) is 0 Å². The van der Waals surface area contributed by atoms with Gasteiger partial charge in [0.05, 0.1) is 0 Å². The van der Waals surface area contributed by atoms with Gasteiger partial charge in [0, 0.05) is 12.6 Å². The molecule has 1 nitrogen and oxygen atoms in total. The van der Waals surface area contributed by atoms with Crippen molar-refractivity contribution in [2.75, 3.05) is 6.54 Å². The molecular weight excluding hydrogens is 182 g/mol. The van der Waals surface area contributed by atoms with Gasteiger partial charge in [-0.2, -0.15) is 0 Å². The van der Waals surface area contributed by atoms with Gasteiger partial charge in [-0.25, -0.2) is 0 Å². The normalized spacial score (nSPS) is 13.5. The second kappa shape index (κ2) is 5.92. The minimum Gasteiger partial charge on any atom is -0.314 e. The van der Waals surface area contributed by atoms with Gasteiger partial charge in [-0.05, 0) is 17.4 Å². The maximum absolute atomic E-state index is 3.53. The summed E-state index contributed by atoms with van der Waals surface area (Å²) in [4.78, 5) is 0. The lowest BCUT2D eigenvalue weighted by Crippen LogP contribution is -2.30. The molecular formula is C14H23N. The predicted molar refractivity (Wildman–Crippen MR) is 67.2 cm³/mol.